The van der Waals surface area contributed by atoms with Gasteiger partial charge >= 0.3 is 0 Å². The zero-order valence-electron chi connectivity index (χ0n) is 11.8. The summed E-state index contributed by atoms with van der Waals surface area (Å²) in [6.45, 7) is 2.88. The van der Waals surface area contributed by atoms with E-state index < -0.39 is 0 Å². The lowest BCUT2D eigenvalue weighted by atomic mass is 10.1. The molecule has 0 aliphatic carbocycles. The maximum Gasteiger partial charge on any atom is 0.123 e. The molecule has 2 aromatic carbocycles. The maximum absolute atomic E-state index is 13.3. The Morgan fingerprint density at radius 2 is 2.10 bits per heavy atom. The monoisotopic (exact) mass is 281 g/mol. The summed E-state index contributed by atoms with van der Waals surface area (Å²) in [6.07, 6.45) is 2.92. The molecule has 0 saturated carbocycles. The second-order valence-corrected chi connectivity index (χ2v) is 5.73. The molecule has 0 radical (unpaired) electrons. The molecular weight excluding hydrogens is 265 g/mol. The third-order valence-corrected chi connectivity index (χ3v) is 4.09. The number of benzene rings is 2. The number of aromatic nitrogens is 1. The highest BCUT2D eigenvalue weighted by molar-refractivity contribution is 5.80. The Morgan fingerprint density at radius 3 is 3.00 bits per heavy atom. The topological polar surface area (TPSA) is 14.2 Å². The molecule has 0 N–H and O–H groups in total. The summed E-state index contributed by atoms with van der Waals surface area (Å²) in [5, 5.41) is 1.24. The van der Waals surface area contributed by atoms with E-state index in [-0.39, 0.29) is 11.9 Å². The van der Waals surface area contributed by atoms with Crippen molar-refractivity contribution in [3.63, 3.8) is 0 Å². The molecule has 0 bridgehead atoms. The van der Waals surface area contributed by atoms with E-state index in [2.05, 4.69) is 42.0 Å². The van der Waals surface area contributed by atoms with Gasteiger partial charge in [-0.25, -0.2) is 4.39 Å². The lowest BCUT2D eigenvalue weighted by Gasteiger charge is -2.13. The van der Waals surface area contributed by atoms with Crippen LogP contribution in [-0.4, -0.2) is 10.7 Å². The van der Waals surface area contributed by atoms with Crippen molar-refractivity contribution in [2.75, 3.05) is 0 Å². The molecular formula is C18H16FNO. The molecule has 2 heterocycles. The van der Waals surface area contributed by atoms with Gasteiger partial charge < -0.3 is 9.30 Å². The molecule has 1 atom stereocenters. The molecule has 21 heavy (non-hydrogen) atoms. The predicted octanol–water partition coefficient (Wildman–Crippen LogP) is 4.09. The van der Waals surface area contributed by atoms with Crippen molar-refractivity contribution in [2.45, 2.75) is 26.0 Å². The van der Waals surface area contributed by atoms with Crippen molar-refractivity contribution in [3.05, 3.63) is 65.6 Å². The van der Waals surface area contributed by atoms with Crippen LogP contribution in [0.4, 0.5) is 4.39 Å². The Labute approximate surface area is 122 Å². The summed E-state index contributed by atoms with van der Waals surface area (Å²) in [5.41, 5.74) is 3.44. The minimum atomic E-state index is -0.194. The summed E-state index contributed by atoms with van der Waals surface area (Å²) >= 11 is 0. The molecule has 0 spiro atoms. The van der Waals surface area contributed by atoms with Crippen molar-refractivity contribution in [1.29, 1.82) is 0 Å². The lowest BCUT2D eigenvalue weighted by Crippen LogP contribution is -2.20. The van der Waals surface area contributed by atoms with E-state index in [1.165, 1.54) is 22.5 Å². The van der Waals surface area contributed by atoms with Gasteiger partial charge in [0.1, 0.15) is 17.7 Å². The van der Waals surface area contributed by atoms with Crippen LogP contribution in [0.15, 0.2) is 48.7 Å². The average molecular weight is 281 g/mol. The normalized spacial score (nSPS) is 17.0. The first kappa shape index (κ1) is 12.5. The van der Waals surface area contributed by atoms with Gasteiger partial charge in [0.2, 0.25) is 0 Å². The van der Waals surface area contributed by atoms with Crippen molar-refractivity contribution in [1.82, 2.24) is 4.57 Å². The first-order chi connectivity index (χ1) is 10.2. The first-order valence-corrected chi connectivity index (χ1v) is 7.19. The van der Waals surface area contributed by atoms with Gasteiger partial charge in [0, 0.05) is 23.7 Å². The second kappa shape index (κ2) is 4.62. The van der Waals surface area contributed by atoms with E-state index in [0.29, 0.717) is 0 Å². The Morgan fingerprint density at radius 1 is 1.19 bits per heavy atom. The number of hydrogen-bond donors (Lipinski definition) is 0. The molecule has 1 unspecified atom stereocenters. The van der Waals surface area contributed by atoms with Gasteiger partial charge in [0.05, 0.1) is 6.54 Å². The highest BCUT2D eigenvalue weighted by Crippen LogP contribution is 2.30. The van der Waals surface area contributed by atoms with Gasteiger partial charge in [-0.1, -0.05) is 12.1 Å². The fourth-order valence-corrected chi connectivity index (χ4v) is 3.06. The van der Waals surface area contributed by atoms with Gasteiger partial charge in [-0.3, -0.25) is 0 Å². The van der Waals surface area contributed by atoms with Crippen LogP contribution in [0.25, 0.3) is 10.9 Å². The van der Waals surface area contributed by atoms with Crippen LogP contribution in [0.1, 0.15) is 11.1 Å². The Kier molecular flexibility index (Phi) is 2.74. The standard InChI is InChI=1S/C18H16FNO/c1-12-2-3-13-6-7-20(17(13)8-12)11-16-10-14-9-15(19)4-5-18(14)21-16/h2-9,16H,10-11H2,1H3. The summed E-state index contributed by atoms with van der Waals surface area (Å²) in [6, 6.07) is 13.3. The summed E-state index contributed by atoms with van der Waals surface area (Å²) in [4.78, 5) is 0. The van der Waals surface area contributed by atoms with Crippen LogP contribution in [0, 0.1) is 12.7 Å². The summed E-state index contributed by atoms with van der Waals surface area (Å²) in [7, 11) is 0. The fraction of sp³-hybridized carbons (Fsp3) is 0.222. The molecule has 3 heteroatoms. The quantitative estimate of drug-likeness (QED) is 0.690. The maximum atomic E-state index is 13.3. The molecule has 0 saturated heterocycles. The number of nitrogens with zero attached hydrogens (tertiary/aromatic N) is 1. The van der Waals surface area contributed by atoms with Crippen LogP contribution < -0.4 is 4.74 Å². The number of rotatable bonds is 2. The molecule has 4 rings (SSSR count). The zero-order valence-corrected chi connectivity index (χ0v) is 11.8. The van der Waals surface area contributed by atoms with Crippen LogP contribution in [0.3, 0.4) is 0 Å². The van der Waals surface area contributed by atoms with Gasteiger partial charge in [-0.2, -0.15) is 0 Å². The van der Waals surface area contributed by atoms with Gasteiger partial charge in [-0.05, 0) is 48.2 Å². The average Bonchev–Trinajstić information content (AvgIpc) is 3.02. The minimum Gasteiger partial charge on any atom is -0.488 e. The van der Waals surface area contributed by atoms with E-state index in [4.69, 9.17) is 4.74 Å². The van der Waals surface area contributed by atoms with Crippen LogP contribution in [0.5, 0.6) is 5.75 Å². The summed E-state index contributed by atoms with van der Waals surface area (Å²) < 4.78 is 21.4. The van der Waals surface area contributed by atoms with E-state index in [1.807, 2.05) is 0 Å². The lowest BCUT2D eigenvalue weighted by molar-refractivity contribution is 0.211. The van der Waals surface area contributed by atoms with Gasteiger partial charge in [0.25, 0.3) is 0 Å². The molecule has 1 aliphatic rings. The SMILES string of the molecule is Cc1ccc2ccn(CC3Cc4cc(F)ccc4O3)c2c1. The van der Waals surface area contributed by atoms with Crippen molar-refractivity contribution < 1.29 is 9.13 Å². The highest BCUT2D eigenvalue weighted by Gasteiger charge is 2.23. The van der Waals surface area contributed by atoms with E-state index >= 15 is 0 Å². The third-order valence-electron chi connectivity index (χ3n) is 4.09. The molecule has 2 nitrogen and oxygen atoms in total. The first-order valence-electron chi connectivity index (χ1n) is 7.19. The number of halogens is 1. The number of fused-ring (bicyclic) bond motifs is 2. The van der Waals surface area contributed by atoms with E-state index in [1.54, 1.807) is 12.1 Å². The van der Waals surface area contributed by atoms with Crippen LogP contribution >= 0.6 is 0 Å². The predicted molar refractivity (Wildman–Crippen MR) is 81.2 cm³/mol. The van der Waals surface area contributed by atoms with Crippen LogP contribution in [0.2, 0.25) is 0 Å². The molecule has 106 valence electrons. The minimum absolute atomic E-state index is 0.0675. The molecule has 0 fully saturated rings. The smallest absolute Gasteiger partial charge is 0.123 e. The highest BCUT2D eigenvalue weighted by atomic mass is 19.1. The van der Waals surface area contributed by atoms with Crippen LogP contribution in [-0.2, 0) is 13.0 Å². The Balaban J connectivity index is 1.61. The molecule has 0 amide bonds. The number of hydrogen-bond acceptors (Lipinski definition) is 1. The Bertz CT molecular complexity index is 821. The Hall–Kier alpha value is -2.29. The fourth-order valence-electron chi connectivity index (χ4n) is 3.06. The second-order valence-electron chi connectivity index (χ2n) is 5.73. The molecule has 1 aromatic heterocycles. The van der Waals surface area contributed by atoms with Crippen molar-refractivity contribution in [3.8, 4) is 5.75 Å². The van der Waals surface area contributed by atoms with Gasteiger partial charge in [0.15, 0.2) is 0 Å². The summed E-state index contributed by atoms with van der Waals surface area (Å²) in [5.74, 6) is 0.620. The third kappa shape index (κ3) is 2.19. The largest absolute Gasteiger partial charge is 0.488 e. The zero-order chi connectivity index (χ0) is 14.4. The number of ether oxygens (including phenoxy) is 1. The number of aryl methyl sites for hydroxylation is 1. The van der Waals surface area contributed by atoms with Crippen molar-refractivity contribution in [2.24, 2.45) is 0 Å². The van der Waals surface area contributed by atoms with Crippen molar-refractivity contribution >= 4 is 10.9 Å². The molecule has 3 aromatic rings. The van der Waals surface area contributed by atoms with E-state index in [0.717, 1.165) is 24.3 Å². The van der Waals surface area contributed by atoms with E-state index in [9.17, 15) is 4.39 Å². The molecule has 1 aliphatic heterocycles. The van der Waals surface area contributed by atoms with Gasteiger partial charge in [-0.15, -0.1) is 0 Å².